The quantitative estimate of drug-likeness (QED) is 0.808. The van der Waals surface area contributed by atoms with E-state index in [1.807, 2.05) is 31.2 Å². The minimum absolute atomic E-state index is 0.0167. The fraction of sp³-hybridized carbons (Fsp3) is 0.500. The van der Waals surface area contributed by atoms with Gasteiger partial charge >= 0.3 is 0 Å². The SMILES string of the molecule is CCC(=O)N1c2ccccc2C[C@@H]1C(=O)NCCCOC. The highest BCUT2D eigenvalue weighted by Gasteiger charge is 2.37. The van der Waals surface area contributed by atoms with E-state index in [1.54, 1.807) is 12.0 Å². The van der Waals surface area contributed by atoms with Crippen molar-refractivity contribution < 1.29 is 14.3 Å². The third-order valence-corrected chi connectivity index (χ3v) is 3.67. The summed E-state index contributed by atoms with van der Waals surface area (Å²) in [5.74, 6) is -0.110. The van der Waals surface area contributed by atoms with Crippen LogP contribution in [0.4, 0.5) is 5.69 Å². The lowest BCUT2D eigenvalue weighted by molar-refractivity contribution is -0.126. The van der Waals surface area contributed by atoms with Crippen LogP contribution >= 0.6 is 0 Å². The predicted molar refractivity (Wildman–Crippen MR) is 81.2 cm³/mol. The summed E-state index contributed by atoms with van der Waals surface area (Å²) in [6, 6.07) is 7.28. The first-order valence-electron chi connectivity index (χ1n) is 7.35. The summed E-state index contributed by atoms with van der Waals surface area (Å²) in [6.45, 7) is 2.99. The summed E-state index contributed by atoms with van der Waals surface area (Å²) in [7, 11) is 1.64. The molecule has 114 valence electrons. The van der Waals surface area contributed by atoms with Gasteiger partial charge in [0.15, 0.2) is 0 Å². The molecule has 0 bridgehead atoms. The molecule has 2 amide bonds. The molecular formula is C16H22N2O3. The second-order valence-electron chi connectivity index (χ2n) is 5.10. The minimum atomic E-state index is -0.433. The van der Waals surface area contributed by atoms with Gasteiger partial charge in [-0.25, -0.2) is 0 Å². The van der Waals surface area contributed by atoms with Crippen molar-refractivity contribution in [3.63, 3.8) is 0 Å². The second kappa shape index (κ2) is 7.22. The molecule has 2 rings (SSSR count). The summed E-state index contributed by atoms with van der Waals surface area (Å²) >= 11 is 0. The van der Waals surface area contributed by atoms with E-state index < -0.39 is 6.04 Å². The third kappa shape index (κ3) is 3.42. The van der Waals surface area contributed by atoms with E-state index in [1.165, 1.54) is 0 Å². The van der Waals surface area contributed by atoms with Crippen molar-refractivity contribution in [3.05, 3.63) is 29.8 Å². The molecule has 0 aromatic heterocycles. The van der Waals surface area contributed by atoms with Crippen molar-refractivity contribution in [3.8, 4) is 0 Å². The van der Waals surface area contributed by atoms with E-state index in [9.17, 15) is 9.59 Å². The molecule has 0 fully saturated rings. The highest BCUT2D eigenvalue weighted by atomic mass is 16.5. The number of hydrogen-bond acceptors (Lipinski definition) is 3. The third-order valence-electron chi connectivity index (χ3n) is 3.67. The topological polar surface area (TPSA) is 58.6 Å². The van der Waals surface area contributed by atoms with Crippen LogP contribution in [0, 0.1) is 0 Å². The Kier molecular flexibility index (Phi) is 5.33. The van der Waals surface area contributed by atoms with Crippen LogP contribution in [0.2, 0.25) is 0 Å². The number of hydrogen-bond donors (Lipinski definition) is 1. The number of nitrogens with one attached hydrogen (secondary N) is 1. The van der Waals surface area contributed by atoms with E-state index in [0.29, 0.717) is 26.0 Å². The number of carbonyl (C=O) groups is 2. The Morgan fingerprint density at radius 2 is 2.14 bits per heavy atom. The number of carbonyl (C=O) groups excluding carboxylic acids is 2. The molecule has 1 N–H and O–H groups in total. The molecule has 1 heterocycles. The maximum Gasteiger partial charge on any atom is 0.243 e. The number of benzene rings is 1. The molecule has 1 aliphatic heterocycles. The van der Waals surface area contributed by atoms with Gasteiger partial charge in [-0.3, -0.25) is 14.5 Å². The number of anilines is 1. The molecule has 5 heteroatoms. The van der Waals surface area contributed by atoms with Gasteiger partial charge < -0.3 is 10.1 Å². The molecule has 1 atom stereocenters. The Morgan fingerprint density at radius 3 is 2.86 bits per heavy atom. The lowest BCUT2D eigenvalue weighted by Gasteiger charge is -2.24. The zero-order valence-electron chi connectivity index (χ0n) is 12.6. The van der Waals surface area contributed by atoms with E-state index in [0.717, 1.165) is 17.7 Å². The normalized spacial score (nSPS) is 16.7. The first-order chi connectivity index (χ1) is 10.2. The lowest BCUT2D eigenvalue weighted by atomic mass is 10.1. The average Bonchev–Trinajstić information content (AvgIpc) is 2.90. The van der Waals surface area contributed by atoms with Gasteiger partial charge in [0.1, 0.15) is 6.04 Å². The van der Waals surface area contributed by atoms with Gasteiger partial charge in [-0.05, 0) is 18.1 Å². The number of para-hydroxylation sites is 1. The van der Waals surface area contributed by atoms with Crippen molar-refractivity contribution in [1.29, 1.82) is 0 Å². The Labute approximate surface area is 125 Å². The molecule has 5 nitrogen and oxygen atoms in total. The number of ether oxygens (including phenoxy) is 1. The van der Waals surface area contributed by atoms with Gasteiger partial charge in [-0.1, -0.05) is 25.1 Å². The first kappa shape index (κ1) is 15.5. The van der Waals surface area contributed by atoms with Crippen LogP contribution < -0.4 is 10.2 Å². The van der Waals surface area contributed by atoms with Gasteiger partial charge in [0.2, 0.25) is 11.8 Å². The minimum Gasteiger partial charge on any atom is -0.385 e. The second-order valence-corrected chi connectivity index (χ2v) is 5.10. The molecule has 0 radical (unpaired) electrons. The Balaban J connectivity index is 2.09. The van der Waals surface area contributed by atoms with Gasteiger partial charge in [-0.2, -0.15) is 0 Å². The fourth-order valence-electron chi connectivity index (χ4n) is 2.62. The van der Waals surface area contributed by atoms with Crippen LogP contribution in [0.3, 0.4) is 0 Å². The van der Waals surface area contributed by atoms with Crippen molar-refractivity contribution in [2.75, 3.05) is 25.2 Å². The molecule has 1 aromatic rings. The summed E-state index contributed by atoms with van der Waals surface area (Å²) in [5, 5.41) is 2.89. The first-order valence-corrected chi connectivity index (χ1v) is 7.35. The highest BCUT2D eigenvalue weighted by Crippen LogP contribution is 2.32. The molecule has 0 saturated heterocycles. The molecule has 0 unspecified atom stereocenters. The van der Waals surface area contributed by atoms with Crippen LogP contribution in [0.5, 0.6) is 0 Å². The lowest BCUT2D eigenvalue weighted by Crippen LogP contribution is -2.48. The van der Waals surface area contributed by atoms with Gasteiger partial charge in [-0.15, -0.1) is 0 Å². The van der Waals surface area contributed by atoms with Gasteiger partial charge in [0.25, 0.3) is 0 Å². The zero-order valence-corrected chi connectivity index (χ0v) is 12.6. The fourth-order valence-corrected chi connectivity index (χ4v) is 2.62. The molecule has 21 heavy (non-hydrogen) atoms. The standard InChI is InChI=1S/C16H22N2O3/c1-3-15(19)18-13-8-5-4-7-12(13)11-14(18)16(20)17-9-6-10-21-2/h4-5,7-8,14H,3,6,9-11H2,1-2H3,(H,17,20)/t14-/m1/s1. The highest BCUT2D eigenvalue weighted by molar-refractivity contribution is 6.03. The van der Waals surface area contributed by atoms with E-state index in [4.69, 9.17) is 4.74 Å². The molecule has 1 aliphatic rings. The van der Waals surface area contributed by atoms with Crippen molar-refractivity contribution in [2.24, 2.45) is 0 Å². The van der Waals surface area contributed by atoms with Crippen molar-refractivity contribution >= 4 is 17.5 Å². The zero-order chi connectivity index (χ0) is 15.2. The van der Waals surface area contributed by atoms with E-state index in [-0.39, 0.29) is 11.8 Å². The molecule has 0 spiro atoms. The summed E-state index contributed by atoms with van der Waals surface area (Å²) in [5.41, 5.74) is 1.91. The maximum absolute atomic E-state index is 12.4. The van der Waals surface area contributed by atoms with E-state index >= 15 is 0 Å². The van der Waals surface area contributed by atoms with Crippen LogP contribution in [-0.2, 0) is 20.7 Å². The molecular weight excluding hydrogens is 268 g/mol. The molecule has 1 aromatic carbocycles. The Morgan fingerprint density at radius 1 is 1.38 bits per heavy atom. The van der Waals surface area contributed by atoms with Crippen LogP contribution in [0.25, 0.3) is 0 Å². The predicted octanol–water partition coefficient (Wildman–Crippen LogP) is 1.51. The number of rotatable bonds is 6. The number of amides is 2. The smallest absolute Gasteiger partial charge is 0.243 e. The van der Waals surface area contributed by atoms with Gasteiger partial charge in [0, 0.05) is 38.8 Å². The summed E-state index contributed by atoms with van der Waals surface area (Å²) in [6.07, 6.45) is 1.74. The van der Waals surface area contributed by atoms with Crippen LogP contribution in [0.1, 0.15) is 25.3 Å². The van der Waals surface area contributed by atoms with Gasteiger partial charge in [0.05, 0.1) is 0 Å². The Hall–Kier alpha value is -1.88. The molecule has 0 saturated carbocycles. The number of methoxy groups -OCH3 is 1. The van der Waals surface area contributed by atoms with Crippen molar-refractivity contribution in [2.45, 2.75) is 32.2 Å². The maximum atomic E-state index is 12.4. The average molecular weight is 290 g/mol. The number of fused-ring (bicyclic) bond motifs is 1. The summed E-state index contributed by atoms with van der Waals surface area (Å²) < 4.78 is 4.96. The Bertz CT molecular complexity index is 516. The number of nitrogens with zero attached hydrogens (tertiary/aromatic N) is 1. The van der Waals surface area contributed by atoms with Crippen LogP contribution in [-0.4, -0.2) is 38.1 Å². The van der Waals surface area contributed by atoms with Crippen molar-refractivity contribution in [1.82, 2.24) is 5.32 Å². The summed E-state index contributed by atoms with van der Waals surface area (Å²) in [4.78, 5) is 26.2. The molecule has 0 aliphatic carbocycles. The monoisotopic (exact) mass is 290 g/mol. The largest absolute Gasteiger partial charge is 0.385 e. The van der Waals surface area contributed by atoms with E-state index in [2.05, 4.69) is 5.32 Å². The van der Waals surface area contributed by atoms with Crippen LogP contribution in [0.15, 0.2) is 24.3 Å².